The fraction of sp³-hybridized carbons (Fsp3) is 0.125. The number of amides is 2. The smallest absolute Gasteiger partial charge is 0.268 e. The molecule has 2 heterocycles. The predicted molar refractivity (Wildman–Crippen MR) is 88.7 cm³/mol. The van der Waals surface area contributed by atoms with Gasteiger partial charge in [0.05, 0.1) is 10.6 Å². The van der Waals surface area contributed by atoms with E-state index in [1.807, 2.05) is 49.6 Å². The molecule has 0 radical (unpaired) electrons. The van der Waals surface area contributed by atoms with E-state index in [4.69, 9.17) is 0 Å². The Kier molecular flexibility index (Phi) is 3.69. The van der Waals surface area contributed by atoms with Crippen LogP contribution in [0.2, 0.25) is 0 Å². The summed E-state index contributed by atoms with van der Waals surface area (Å²) < 4.78 is 0. The van der Waals surface area contributed by atoms with Gasteiger partial charge in [-0.05, 0) is 60.3 Å². The van der Waals surface area contributed by atoms with Crippen LogP contribution < -0.4 is 4.90 Å². The molecule has 0 atom stereocenters. The summed E-state index contributed by atoms with van der Waals surface area (Å²) in [5.41, 5.74) is 2.62. The molecule has 0 saturated carbocycles. The van der Waals surface area contributed by atoms with Crippen molar-refractivity contribution in [3.8, 4) is 0 Å². The van der Waals surface area contributed by atoms with E-state index in [0.29, 0.717) is 10.6 Å². The molecule has 0 bridgehead atoms. The fourth-order valence-electron chi connectivity index (χ4n) is 2.14. The van der Waals surface area contributed by atoms with Crippen LogP contribution in [0.15, 0.2) is 40.6 Å². The first-order chi connectivity index (χ1) is 10.1. The first kappa shape index (κ1) is 14.1. The molecule has 0 N–H and O–H groups in total. The molecule has 1 aromatic carbocycles. The van der Waals surface area contributed by atoms with Crippen molar-refractivity contribution in [2.75, 3.05) is 4.90 Å². The molecule has 1 fully saturated rings. The van der Waals surface area contributed by atoms with E-state index in [-0.39, 0.29) is 11.1 Å². The van der Waals surface area contributed by atoms with Crippen molar-refractivity contribution >= 4 is 46.0 Å². The number of thioether (sulfide) groups is 1. The molecule has 3 nitrogen and oxygen atoms in total. The van der Waals surface area contributed by atoms with Gasteiger partial charge in [-0.1, -0.05) is 18.2 Å². The molecule has 3 rings (SSSR count). The van der Waals surface area contributed by atoms with Crippen LogP contribution in [0.1, 0.15) is 16.0 Å². The Morgan fingerprint density at radius 2 is 1.95 bits per heavy atom. The number of thiophene rings is 1. The lowest BCUT2D eigenvalue weighted by Crippen LogP contribution is -2.28. The van der Waals surface area contributed by atoms with E-state index in [9.17, 15) is 9.59 Å². The average molecular weight is 315 g/mol. The second-order valence-electron chi connectivity index (χ2n) is 4.82. The molecular formula is C16H13NO2S2. The van der Waals surface area contributed by atoms with Gasteiger partial charge in [0, 0.05) is 4.88 Å². The predicted octanol–water partition coefficient (Wildman–Crippen LogP) is 4.61. The quantitative estimate of drug-likeness (QED) is 0.760. The molecule has 106 valence electrons. The molecule has 0 spiro atoms. The highest BCUT2D eigenvalue weighted by Gasteiger charge is 2.37. The van der Waals surface area contributed by atoms with Gasteiger partial charge in [-0.25, -0.2) is 4.90 Å². The summed E-state index contributed by atoms with van der Waals surface area (Å²) in [7, 11) is 0. The van der Waals surface area contributed by atoms with Gasteiger partial charge >= 0.3 is 0 Å². The van der Waals surface area contributed by atoms with Gasteiger partial charge < -0.3 is 0 Å². The summed E-state index contributed by atoms with van der Waals surface area (Å²) >= 11 is 2.54. The number of carbonyl (C=O) groups excluding carboxylic acids is 2. The number of anilines is 1. The first-order valence-electron chi connectivity index (χ1n) is 6.45. The van der Waals surface area contributed by atoms with Crippen molar-refractivity contribution in [1.29, 1.82) is 0 Å². The van der Waals surface area contributed by atoms with Gasteiger partial charge in [0.25, 0.3) is 11.1 Å². The molecular weight excluding hydrogens is 302 g/mol. The number of imide groups is 1. The second kappa shape index (κ2) is 5.50. The van der Waals surface area contributed by atoms with Crippen LogP contribution in [0.4, 0.5) is 10.5 Å². The second-order valence-corrected chi connectivity index (χ2v) is 6.79. The minimum atomic E-state index is -0.243. The molecule has 1 saturated heterocycles. The Hall–Kier alpha value is -1.85. The third kappa shape index (κ3) is 2.66. The number of hydrogen-bond donors (Lipinski definition) is 0. The van der Waals surface area contributed by atoms with Crippen molar-refractivity contribution in [3.63, 3.8) is 0 Å². The highest BCUT2D eigenvalue weighted by molar-refractivity contribution is 8.19. The van der Waals surface area contributed by atoms with Gasteiger partial charge in [-0.15, -0.1) is 11.3 Å². The van der Waals surface area contributed by atoms with Gasteiger partial charge in [-0.3, -0.25) is 9.59 Å². The number of aryl methyl sites for hydroxylation is 2. The third-order valence-corrected chi connectivity index (χ3v) is 4.90. The maximum absolute atomic E-state index is 12.5. The molecule has 0 aliphatic carbocycles. The molecule has 2 amide bonds. The first-order valence-corrected chi connectivity index (χ1v) is 8.14. The van der Waals surface area contributed by atoms with Gasteiger partial charge in [0.1, 0.15) is 0 Å². The maximum Gasteiger partial charge on any atom is 0.298 e. The summed E-state index contributed by atoms with van der Waals surface area (Å²) in [5, 5.41) is 1.71. The van der Waals surface area contributed by atoms with Crippen LogP contribution >= 0.6 is 23.1 Å². The number of benzene rings is 1. The number of carbonyl (C=O) groups is 2. The van der Waals surface area contributed by atoms with Crippen LogP contribution in [0.5, 0.6) is 0 Å². The minimum Gasteiger partial charge on any atom is -0.268 e. The Morgan fingerprint density at radius 3 is 2.67 bits per heavy atom. The lowest BCUT2D eigenvalue weighted by molar-refractivity contribution is -0.113. The molecule has 1 aliphatic rings. The SMILES string of the molecule is Cc1ccc(C)c(N2C(=O)S/C(=C/c3cccs3)C2=O)c1. The molecule has 21 heavy (non-hydrogen) atoms. The van der Waals surface area contributed by atoms with Crippen molar-refractivity contribution in [2.24, 2.45) is 0 Å². The summed E-state index contributed by atoms with van der Waals surface area (Å²) in [6.45, 7) is 3.85. The standard InChI is InChI=1S/C16H13NO2S2/c1-10-5-6-11(2)13(8-10)17-15(18)14(21-16(17)19)9-12-4-3-7-20-12/h3-9H,1-2H3/b14-9+. The molecule has 5 heteroatoms. The average Bonchev–Trinajstić information content (AvgIpc) is 3.03. The summed E-state index contributed by atoms with van der Waals surface area (Å²) in [5.74, 6) is -0.243. The zero-order chi connectivity index (χ0) is 15.0. The Labute approximate surface area is 131 Å². The fourth-order valence-corrected chi connectivity index (χ4v) is 3.70. The molecule has 2 aromatic rings. The monoisotopic (exact) mass is 315 g/mol. The van der Waals surface area contributed by atoms with Crippen LogP contribution in [0.3, 0.4) is 0 Å². The van der Waals surface area contributed by atoms with E-state index < -0.39 is 0 Å². The molecule has 0 unspecified atom stereocenters. The lowest BCUT2D eigenvalue weighted by Gasteiger charge is -2.15. The van der Waals surface area contributed by atoms with Crippen molar-refractivity contribution in [1.82, 2.24) is 0 Å². The van der Waals surface area contributed by atoms with E-state index in [0.717, 1.165) is 27.8 Å². The van der Waals surface area contributed by atoms with Gasteiger partial charge in [-0.2, -0.15) is 0 Å². The molecule has 1 aliphatic heterocycles. The van der Waals surface area contributed by atoms with Crippen LogP contribution in [-0.2, 0) is 4.79 Å². The summed E-state index contributed by atoms with van der Waals surface area (Å²) in [6.07, 6.45) is 1.78. The zero-order valence-electron chi connectivity index (χ0n) is 11.6. The highest BCUT2D eigenvalue weighted by Crippen LogP contribution is 2.37. The zero-order valence-corrected chi connectivity index (χ0v) is 13.3. The van der Waals surface area contributed by atoms with Gasteiger partial charge in [0.15, 0.2) is 0 Å². The molecule has 1 aromatic heterocycles. The Balaban J connectivity index is 2.00. The lowest BCUT2D eigenvalue weighted by atomic mass is 10.1. The Morgan fingerprint density at radius 1 is 1.14 bits per heavy atom. The van der Waals surface area contributed by atoms with Crippen molar-refractivity contribution in [3.05, 3.63) is 56.6 Å². The van der Waals surface area contributed by atoms with Crippen molar-refractivity contribution < 1.29 is 9.59 Å². The number of nitrogens with zero attached hydrogens (tertiary/aromatic N) is 1. The van der Waals surface area contributed by atoms with Crippen molar-refractivity contribution in [2.45, 2.75) is 13.8 Å². The summed E-state index contributed by atoms with van der Waals surface area (Å²) in [6, 6.07) is 9.62. The summed E-state index contributed by atoms with van der Waals surface area (Å²) in [4.78, 5) is 27.5. The normalized spacial score (nSPS) is 17.0. The third-order valence-electron chi connectivity index (χ3n) is 3.22. The highest BCUT2D eigenvalue weighted by atomic mass is 32.2. The topological polar surface area (TPSA) is 37.4 Å². The van der Waals surface area contributed by atoms with Crippen LogP contribution in [0.25, 0.3) is 6.08 Å². The Bertz CT molecular complexity index is 748. The van der Waals surface area contributed by atoms with Crippen LogP contribution in [-0.4, -0.2) is 11.1 Å². The largest absolute Gasteiger partial charge is 0.298 e. The van der Waals surface area contributed by atoms with E-state index in [1.54, 1.807) is 17.4 Å². The maximum atomic E-state index is 12.5. The van der Waals surface area contributed by atoms with Gasteiger partial charge in [0.2, 0.25) is 0 Å². The van der Waals surface area contributed by atoms with Crippen LogP contribution in [0, 0.1) is 13.8 Å². The van der Waals surface area contributed by atoms with E-state index in [1.165, 1.54) is 4.90 Å². The minimum absolute atomic E-state index is 0.239. The number of rotatable bonds is 2. The number of hydrogen-bond acceptors (Lipinski definition) is 4. The van der Waals surface area contributed by atoms with E-state index >= 15 is 0 Å². The van der Waals surface area contributed by atoms with E-state index in [2.05, 4.69) is 0 Å².